The van der Waals surface area contributed by atoms with Gasteiger partial charge in [-0.1, -0.05) is 23.4 Å². The number of aromatic nitrogens is 2. The Morgan fingerprint density at radius 2 is 2.21 bits per heavy atom. The first-order chi connectivity index (χ1) is 9.38. The molecule has 5 heteroatoms. The van der Waals surface area contributed by atoms with Crippen LogP contribution in [0.1, 0.15) is 35.4 Å². The second kappa shape index (κ2) is 4.65. The Balaban J connectivity index is 1.45. The zero-order chi connectivity index (χ0) is 12.7. The molecule has 98 valence electrons. The summed E-state index contributed by atoms with van der Waals surface area (Å²) in [5.41, 5.74) is 1.38. The third-order valence-electron chi connectivity index (χ3n) is 3.53. The molecule has 0 amide bonds. The van der Waals surface area contributed by atoms with E-state index in [0.717, 1.165) is 24.7 Å². The highest BCUT2D eigenvalue weighted by atomic mass is 32.2. The molecule has 1 N–H and O–H groups in total. The van der Waals surface area contributed by atoms with E-state index < -0.39 is 0 Å². The zero-order valence-corrected chi connectivity index (χ0v) is 11.3. The van der Waals surface area contributed by atoms with Gasteiger partial charge in [0.25, 0.3) is 0 Å². The maximum Gasteiger partial charge on any atom is 0.240 e. The van der Waals surface area contributed by atoms with Crippen LogP contribution >= 0.6 is 11.8 Å². The number of fused-ring (bicyclic) bond motifs is 1. The van der Waals surface area contributed by atoms with Gasteiger partial charge in [-0.3, -0.25) is 0 Å². The van der Waals surface area contributed by atoms with E-state index in [0.29, 0.717) is 6.04 Å². The third kappa shape index (κ3) is 2.40. The van der Waals surface area contributed by atoms with Gasteiger partial charge in [-0.15, -0.1) is 11.8 Å². The Kier molecular flexibility index (Phi) is 2.81. The molecule has 2 heterocycles. The van der Waals surface area contributed by atoms with Crippen molar-refractivity contribution >= 4 is 11.8 Å². The number of thioether (sulfide) groups is 1. The molecule has 0 radical (unpaired) electrons. The van der Waals surface area contributed by atoms with Crippen LogP contribution in [0.4, 0.5) is 0 Å². The molecule has 1 aromatic heterocycles. The smallest absolute Gasteiger partial charge is 0.240 e. The highest BCUT2D eigenvalue weighted by Crippen LogP contribution is 2.45. The van der Waals surface area contributed by atoms with Crippen molar-refractivity contribution in [3.8, 4) is 0 Å². The number of benzene rings is 1. The Bertz CT molecular complexity index is 569. The van der Waals surface area contributed by atoms with Crippen molar-refractivity contribution in [2.45, 2.75) is 42.0 Å². The van der Waals surface area contributed by atoms with E-state index in [-0.39, 0.29) is 5.25 Å². The normalized spacial score (nSPS) is 21.6. The average molecular weight is 273 g/mol. The first-order valence-corrected chi connectivity index (χ1v) is 7.57. The van der Waals surface area contributed by atoms with E-state index in [9.17, 15) is 0 Å². The largest absolute Gasteiger partial charge is 0.338 e. The standard InChI is InChI=1S/C14H15N3OS/c1-2-4-11-9(3-1)7-12(19-11)14-16-13(17-18-14)8-15-10-5-6-10/h1-4,10,12,15H,5-8H2. The van der Waals surface area contributed by atoms with E-state index in [1.807, 2.05) is 11.8 Å². The Labute approximate surface area is 116 Å². The van der Waals surface area contributed by atoms with Crippen LogP contribution in [0.15, 0.2) is 33.7 Å². The fraction of sp³-hybridized carbons (Fsp3) is 0.429. The van der Waals surface area contributed by atoms with Crippen molar-refractivity contribution in [2.75, 3.05) is 0 Å². The van der Waals surface area contributed by atoms with Gasteiger partial charge >= 0.3 is 0 Å². The van der Waals surface area contributed by atoms with Gasteiger partial charge in [0.2, 0.25) is 5.89 Å². The molecular formula is C14H15N3OS. The Morgan fingerprint density at radius 3 is 3.05 bits per heavy atom. The lowest BCUT2D eigenvalue weighted by molar-refractivity contribution is 0.370. The molecule has 4 nitrogen and oxygen atoms in total. The summed E-state index contributed by atoms with van der Waals surface area (Å²) in [6.07, 6.45) is 3.54. The fourth-order valence-corrected chi connectivity index (χ4v) is 3.54. The summed E-state index contributed by atoms with van der Waals surface area (Å²) in [6.45, 7) is 0.721. The third-order valence-corrected chi connectivity index (χ3v) is 4.84. The topological polar surface area (TPSA) is 51.0 Å². The molecule has 0 saturated heterocycles. The van der Waals surface area contributed by atoms with Crippen molar-refractivity contribution in [1.82, 2.24) is 15.5 Å². The number of rotatable bonds is 4. The van der Waals surface area contributed by atoms with E-state index in [1.165, 1.54) is 23.3 Å². The lowest BCUT2D eigenvalue weighted by atomic mass is 10.1. The summed E-state index contributed by atoms with van der Waals surface area (Å²) in [6, 6.07) is 9.17. The van der Waals surface area contributed by atoms with Gasteiger partial charge in [0.1, 0.15) is 0 Å². The van der Waals surface area contributed by atoms with Crippen LogP contribution in [-0.2, 0) is 13.0 Å². The number of nitrogens with one attached hydrogen (secondary N) is 1. The van der Waals surface area contributed by atoms with Crippen LogP contribution in [0, 0.1) is 0 Å². The summed E-state index contributed by atoms with van der Waals surface area (Å²) in [5, 5.41) is 7.74. The van der Waals surface area contributed by atoms with E-state index >= 15 is 0 Å². The summed E-state index contributed by atoms with van der Waals surface area (Å²) in [7, 11) is 0. The predicted octanol–water partition coefficient (Wildman–Crippen LogP) is 2.71. The molecule has 19 heavy (non-hydrogen) atoms. The van der Waals surface area contributed by atoms with E-state index in [2.05, 4.69) is 39.7 Å². The van der Waals surface area contributed by atoms with E-state index in [4.69, 9.17) is 4.52 Å². The Morgan fingerprint density at radius 1 is 1.32 bits per heavy atom. The maximum absolute atomic E-state index is 5.41. The summed E-state index contributed by atoms with van der Waals surface area (Å²) in [4.78, 5) is 5.85. The SMILES string of the molecule is c1ccc2c(c1)CC(c1nc(CNC3CC3)no1)S2. The monoisotopic (exact) mass is 273 g/mol. The summed E-state index contributed by atoms with van der Waals surface area (Å²) >= 11 is 1.82. The Hall–Kier alpha value is -1.33. The van der Waals surface area contributed by atoms with Crippen LogP contribution in [0.25, 0.3) is 0 Å². The zero-order valence-electron chi connectivity index (χ0n) is 10.5. The molecule has 0 bridgehead atoms. The van der Waals surface area contributed by atoms with Crippen LogP contribution in [0.2, 0.25) is 0 Å². The summed E-state index contributed by atoms with van der Waals surface area (Å²) in [5.74, 6) is 1.53. The molecular weight excluding hydrogens is 258 g/mol. The van der Waals surface area contributed by atoms with Gasteiger partial charge in [0, 0.05) is 10.9 Å². The quantitative estimate of drug-likeness (QED) is 0.928. The summed E-state index contributed by atoms with van der Waals surface area (Å²) < 4.78 is 5.41. The average Bonchev–Trinajstić information content (AvgIpc) is 2.99. The minimum Gasteiger partial charge on any atom is -0.338 e. The molecule has 1 unspecified atom stereocenters. The second-order valence-corrected chi connectivity index (χ2v) is 6.37. The first-order valence-electron chi connectivity index (χ1n) is 6.69. The van der Waals surface area contributed by atoms with Gasteiger partial charge in [-0.25, -0.2) is 0 Å². The fourth-order valence-electron chi connectivity index (χ4n) is 2.31. The number of hydrogen-bond donors (Lipinski definition) is 1. The highest BCUT2D eigenvalue weighted by Gasteiger charge is 2.28. The maximum atomic E-state index is 5.41. The van der Waals surface area contributed by atoms with E-state index in [1.54, 1.807) is 0 Å². The minimum absolute atomic E-state index is 0.277. The van der Waals surface area contributed by atoms with Gasteiger partial charge < -0.3 is 9.84 Å². The first kappa shape index (κ1) is 11.5. The number of nitrogens with zero attached hydrogens (tertiary/aromatic N) is 2. The molecule has 1 aromatic carbocycles. The molecule has 1 aliphatic carbocycles. The van der Waals surface area contributed by atoms with Gasteiger partial charge in [0.15, 0.2) is 5.82 Å². The van der Waals surface area contributed by atoms with Crippen molar-refractivity contribution in [3.63, 3.8) is 0 Å². The minimum atomic E-state index is 0.277. The molecule has 1 fully saturated rings. The lowest BCUT2D eigenvalue weighted by Gasteiger charge is -2.00. The van der Waals surface area contributed by atoms with Gasteiger partial charge in [-0.2, -0.15) is 4.98 Å². The van der Waals surface area contributed by atoms with Crippen molar-refractivity contribution in [1.29, 1.82) is 0 Å². The van der Waals surface area contributed by atoms with Crippen molar-refractivity contribution < 1.29 is 4.52 Å². The highest BCUT2D eigenvalue weighted by molar-refractivity contribution is 7.99. The molecule has 1 saturated carbocycles. The predicted molar refractivity (Wildman–Crippen MR) is 72.9 cm³/mol. The number of hydrogen-bond acceptors (Lipinski definition) is 5. The van der Waals surface area contributed by atoms with Crippen LogP contribution < -0.4 is 5.32 Å². The van der Waals surface area contributed by atoms with Crippen LogP contribution in [0.5, 0.6) is 0 Å². The van der Waals surface area contributed by atoms with Crippen molar-refractivity contribution in [2.24, 2.45) is 0 Å². The van der Waals surface area contributed by atoms with Crippen LogP contribution in [0.3, 0.4) is 0 Å². The molecule has 4 rings (SSSR count). The molecule has 2 aliphatic rings. The molecule has 1 aliphatic heterocycles. The van der Waals surface area contributed by atoms with Crippen LogP contribution in [-0.4, -0.2) is 16.2 Å². The second-order valence-electron chi connectivity index (χ2n) is 5.12. The lowest BCUT2D eigenvalue weighted by Crippen LogP contribution is -2.16. The molecule has 1 atom stereocenters. The van der Waals surface area contributed by atoms with Gasteiger partial charge in [-0.05, 0) is 30.9 Å². The molecule has 0 spiro atoms. The van der Waals surface area contributed by atoms with Crippen molar-refractivity contribution in [3.05, 3.63) is 41.5 Å². The van der Waals surface area contributed by atoms with Gasteiger partial charge in [0.05, 0.1) is 11.8 Å². The molecule has 2 aromatic rings.